The van der Waals surface area contributed by atoms with Gasteiger partial charge in [-0.3, -0.25) is 0 Å². The topological polar surface area (TPSA) is 41.6 Å². The van der Waals surface area contributed by atoms with Crippen LogP contribution >= 0.6 is 11.6 Å². The summed E-state index contributed by atoms with van der Waals surface area (Å²) in [6, 6.07) is 7.87. The summed E-state index contributed by atoms with van der Waals surface area (Å²) in [5, 5.41) is 4.06. The molecule has 4 nitrogen and oxygen atoms in total. The molecule has 0 aliphatic carbocycles. The Balaban J connectivity index is 2.06. The molecular weight excluding hydrogens is 288 g/mol. The first kappa shape index (κ1) is 16.1. The fraction of sp³-hybridized carbons (Fsp3) is 0.562. The maximum atomic E-state index is 12.3. The minimum Gasteiger partial charge on any atom is -0.444 e. The molecule has 1 aliphatic rings. The van der Waals surface area contributed by atoms with Gasteiger partial charge in [-0.1, -0.05) is 23.7 Å². The van der Waals surface area contributed by atoms with Crippen molar-refractivity contribution in [2.75, 3.05) is 19.6 Å². The molecule has 0 aromatic heterocycles. The highest BCUT2D eigenvalue weighted by Gasteiger charge is 2.30. The Morgan fingerprint density at radius 1 is 1.48 bits per heavy atom. The Hall–Kier alpha value is -1.26. The first-order chi connectivity index (χ1) is 9.85. The van der Waals surface area contributed by atoms with Gasteiger partial charge in [0, 0.05) is 24.7 Å². The third-order valence-corrected chi connectivity index (χ3v) is 3.57. The lowest BCUT2D eigenvalue weighted by atomic mass is 10.0. The number of amides is 1. The van der Waals surface area contributed by atoms with Crippen LogP contribution in [0.15, 0.2) is 24.3 Å². The maximum absolute atomic E-state index is 12.3. The summed E-state index contributed by atoms with van der Waals surface area (Å²) in [7, 11) is 0. The van der Waals surface area contributed by atoms with Gasteiger partial charge in [-0.15, -0.1) is 0 Å². The Labute approximate surface area is 131 Å². The van der Waals surface area contributed by atoms with Crippen LogP contribution in [0.25, 0.3) is 0 Å². The maximum Gasteiger partial charge on any atom is 0.410 e. The molecule has 1 fully saturated rings. The molecule has 2 rings (SSSR count). The second-order valence-corrected chi connectivity index (χ2v) is 6.80. The van der Waals surface area contributed by atoms with E-state index in [0.29, 0.717) is 6.54 Å². The Morgan fingerprint density at radius 3 is 2.90 bits per heavy atom. The Morgan fingerprint density at radius 2 is 2.24 bits per heavy atom. The average molecular weight is 311 g/mol. The normalized spacial score (nSPS) is 19.4. The second-order valence-electron chi connectivity index (χ2n) is 6.37. The highest BCUT2D eigenvalue weighted by atomic mass is 35.5. The van der Waals surface area contributed by atoms with E-state index in [9.17, 15) is 4.79 Å². The van der Waals surface area contributed by atoms with Gasteiger partial charge in [-0.25, -0.2) is 4.79 Å². The van der Waals surface area contributed by atoms with Crippen molar-refractivity contribution in [3.8, 4) is 0 Å². The number of rotatable bonds is 2. The summed E-state index contributed by atoms with van der Waals surface area (Å²) in [5.74, 6) is 0. The van der Waals surface area contributed by atoms with Crippen molar-refractivity contribution in [3.63, 3.8) is 0 Å². The van der Waals surface area contributed by atoms with Crippen molar-refractivity contribution in [1.82, 2.24) is 10.2 Å². The lowest BCUT2D eigenvalue weighted by Crippen LogP contribution is -2.55. The van der Waals surface area contributed by atoms with Gasteiger partial charge in [0.25, 0.3) is 0 Å². The van der Waals surface area contributed by atoms with E-state index in [-0.39, 0.29) is 12.1 Å². The molecule has 21 heavy (non-hydrogen) atoms. The van der Waals surface area contributed by atoms with Gasteiger partial charge >= 0.3 is 6.09 Å². The van der Waals surface area contributed by atoms with Gasteiger partial charge in [-0.05, 0) is 44.9 Å². The predicted octanol–water partition coefficient (Wildman–Crippen LogP) is 3.09. The molecule has 0 saturated carbocycles. The number of carbonyl (C=O) groups excluding carboxylic acids is 1. The van der Waals surface area contributed by atoms with Crippen LogP contribution in [0.5, 0.6) is 0 Å². The number of hydrogen-bond acceptors (Lipinski definition) is 3. The van der Waals surface area contributed by atoms with Crippen LogP contribution in [0, 0.1) is 0 Å². The number of carbonyl (C=O) groups is 1. The summed E-state index contributed by atoms with van der Waals surface area (Å²) in [6.45, 7) is 7.90. The summed E-state index contributed by atoms with van der Waals surface area (Å²) in [5.41, 5.74) is 0.660. The second kappa shape index (κ2) is 6.67. The number of nitrogens with zero attached hydrogens (tertiary/aromatic N) is 1. The first-order valence-electron chi connectivity index (χ1n) is 7.30. The van der Waals surface area contributed by atoms with Crippen LogP contribution in [0.4, 0.5) is 4.79 Å². The van der Waals surface area contributed by atoms with E-state index < -0.39 is 5.60 Å². The number of halogens is 1. The van der Waals surface area contributed by atoms with E-state index in [1.54, 1.807) is 0 Å². The molecule has 1 atom stereocenters. The lowest BCUT2D eigenvalue weighted by molar-refractivity contribution is 0.0122. The van der Waals surface area contributed by atoms with Crippen LogP contribution in [0.2, 0.25) is 5.02 Å². The zero-order valence-corrected chi connectivity index (χ0v) is 13.6. The number of piperazine rings is 1. The lowest BCUT2D eigenvalue weighted by Gasteiger charge is -2.37. The van der Waals surface area contributed by atoms with Crippen LogP contribution in [0.1, 0.15) is 26.3 Å². The van der Waals surface area contributed by atoms with Crippen molar-refractivity contribution in [2.24, 2.45) is 0 Å². The van der Waals surface area contributed by atoms with Gasteiger partial charge in [-0.2, -0.15) is 0 Å². The quantitative estimate of drug-likeness (QED) is 0.912. The van der Waals surface area contributed by atoms with Gasteiger partial charge < -0.3 is 15.0 Å². The smallest absolute Gasteiger partial charge is 0.410 e. The van der Waals surface area contributed by atoms with E-state index in [1.165, 1.54) is 0 Å². The molecule has 1 aromatic rings. The minimum atomic E-state index is -0.470. The summed E-state index contributed by atoms with van der Waals surface area (Å²) >= 11 is 6.03. The van der Waals surface area contributed by atoms with Crippen LogP contribution in [0.3, 0.4) is 0 Å². The van der Waals surface area contributed by atoms with E-state index in [0.717, 1.165) is 30.1 Å². The van der Waals surface area contributed by atoms with Crippen molar-refractivity contribution < 1.29 is 9.53 Å². The Kier molecular flexibility index (Phi) is 5.12. The number of benzene rings is 1. The first-order valence-corrected chi connectivity index (χ1v) is 7.68. The molecule has 1 aliphatic heterocycles. The zero-order chi connectivity index (χ0) is 15.5. The molecule has 1 N–H and O–H groups in total. The van der Waals surface area contributed by atoms with Crippen molar-refractivity contribution >= 4 is 17.7 Å². The largest absolute Gasteiger partial charge is 0.444 e. The predicted molar refractivity (Wildman–Crippen MR) is 84.8 cm³/mol. The van der Waals surface area contributed by atoms with E-state index in [1.807, 2.05) is 49.9 Å². The van der Waals surface area contributed by atoms with Crippen LogP contribution < -0.4 is 5.32 Å². The standard InChI is InChI=1S/C16H23ClN2O2/c1-16(2,3)21-15(20)19-8-7-18-11-14(19)10-12-5-4-6-13(17)9-12/h4-6,9,14,18H,7-8,10-11H2,1-3H3/t14-/m1/s1. The molecule has 0 spiro atoms. The summed E-state index contributed by atoms with van der Waals surface area (Å²) in [4.78, 5) is 14.2. The highest BCUT2D eigenvalue weighted by Crippen LogP contribution is 2.18. The zero-order valence-electron chi connectivity index (χ0n) is 12.9. The van der Waals surface area contributed by atoms with Crippen LogP contribution in [-0.2, 0) is 11.2 Å². The van der Waals surface area contributed by atoms with Gasteiger partial charge in [0.2, 0.25) is 0 Å². The SMILES string of the molecule is CC(C)(C)OC(=O)N1CCNC[C@H]1Cc1cccc(Cl)c1. The molecule has 1 amide bonds. The van der Waals surface area contributed by atoms with Crippen molar-refractivity contribution in [3.05, 3.63) is 34.9 Å². The fourth-order valence-electron chi connectivity index (χ4n) is 2.44. The molecule has 0 bridgehead atoms. The Bertz CT molecular complexity index is 499. The molecule has 116 valence electrons. The molecule has 1 heterocycles. The number of hydrogen-bond donors (Lipinski definition) is 1. The van der Waals surface area contributed by atoms with Crippen molar-refractivity contribution in [2.45, 2.75) is 38.8 Å². The molecule has 1 saturated heterocycles. The third-order valence-electron chi connectivity index (χ3n) is 3.34. The van der Waals surface area contributed by atoms with Gasteiger partial charge in [0.05, 0.1) is 6.04 Å². The average Bonchev–Trinajstić information content (AvgIpc) is 2.37. The van der Waals surface area contributed by atoms with E-state index in [2.05, 4.69) is 5.32 Å². The highest BCUT2D eigenvalue weighted by molar-refractivity contribution is 6.30. The molecular formula is C16H23ClN2O2. The van der Waals surface area contributed by atoms with Gasteiger partial charge in [0.15, 0.2) is 0 Å². The molecule has 5 heteroatoms. The van der Waals surface area contributed by atoms with Crippen molar-refractivity contribution in [1.29, 1.82) is 0 Å². The molecule has 0 unspecified atom stereocenters. The minimum absolute atomic E-state index is 0.0899. The van der Waals surface area contributed by atoms with E-state index in [4.69, 9.17) is 16.3 Å². The van der Waals surface area contributed by atoms with E-state index >= 15 is 0 Å². The summed E-state index contributed by atoms with van der Waals surface area (Å²) in [6.07, 6.45) is 0.531. The fourth-order valence-corrected chi connectivity index (χ4v) is 2.65. The number of ether oxygens (including phenoxy) is 1. The molecule has 1 aromatic carbocycles. The third kappa shape index (κ3) is 4.90. The van der Waals surface area contributed by atoms with Gasteiger partial charge in [0.1, 0.15) is 5.60 Å². The summed E-state index contributed by atoms with van der Waals surface area (Å²) < 4.78 is 5.50. The monoisotopic (exact) mass is 310 g/mol. The number of nitrogens with one attached hydrogen (secondary N) is 1. The van der Waals surface area contributed by atoms with Crippen LogP contribution in [-0.4, -0.2) is 42.3 Å². The molecule has 0 radical (unpaired) electrons.